The minimum Gasteiger partial charge on any atom is -0.478 e. The first-order chi connectivity index (χ1) is 9.21. The lowest BCUT2D eigenvalue weighted by Gasteiger charge is -2.30. The average molecular weight is 276 g/mol. The van der Waals surface area contributed by atoms with Crippen LogP contribution in [0.15, 0.2) is 18.2 Å². The highest BCUT2D eigenvalue weighted by molar-refractivity contribution is 6.00. The highest BCUT2D eigenvalue weighted by Gasteiger charge is 2.34. The lowest BCUT2D eigenvalue weighted by molar-refractivity contribution is -0.121. The number of carbonyl (C=O) groups excluding carboxylic acids is 1. The van der Waals surface area contributed by atoms with E-state index in [9.17, 15) is 9.59 Å². The third kappa shape index (κ3) is 2.54. The molecule has 0 saturated carbocycles. The molecular weight excluding hydrogens is 256 g/mol. The molecule has 0 aliphatic carbocycles. The molecule has 1 heterocycles. The van der Waals surface area contributed by atoms with Crippen LogP contribution in [0.3, 0.4) is 0 Å². The van der Waals surface area contributed by atoms with Crippen molar-refractivity contribution in [2.75, 3.05) is 11.4 Å². The maximum absolute atomic E-state index is 12.5. The van der Waals surface area contributed by atoms with Gasteiger partial charge in [-0.1, -0.05) is 20.8 Å². The molecule has 108 valence electrons. The number of nitrogens with zero attached hydrogens (tertiary/aromatic N) is 1. The zero-order valence-electron chi connectivity index (χ0n) is 12.0. The van der Waals surface area contributed by atoms with E-state index in [-0.39, 0.29) is 16.9 Å². The summed E-state index contributed by atoms with van der Waals surface area (Å²) >= 11 is 0. The van der Waals surface area contributed by atoms with Crippen molar-refractivity contribution in [1.29, 1.82) is 0 Å². The van der Waals surface area contributed by atoms with Crippen LogP contribution < -0.4 is 10.6 Å². The van der Waals surface area contributed by atoms with Gasteiger partial charge in [-0.05, 0) is 35.6 Å². The topological polar surface area (TPSA) is 83.6 Å². The number of rotatable bonds is 2. The minimum absolute atomic E-state index is 0.112. The van der Waals surface area contributed by atoms with E-state index in [2.05, 4.69) is 0 Å². The summed E-state index contributed by atoms with van der Waals surface area (Å²) in [6.07, 6.45) is 0.666. The largest absolute Gasteiger partial charge is 0.478 e. The van der Waals surface area contributed by atoms with Crippen LogP contribution in [0, 0.1) is 5.41 Å². The Kier molecular flexibility index (Phi) is 3.56. The zero-order chi connectivity index (χ0) is 15.1. The van der Waals surface area contributed by atoms with E-state index in [1.165, 1.54) is 6.07 Å². The fraction of sp³-hybridized carbons (Fsp3) is 0.467. The first-order valence-electron chi connectivity index (χ1n) is 6.65. The standard InChI is InChI=1S/C15H20N2O3/c1-15(2,3)12(16)13(18)17-7-6-9-8-10(14(19)20)4-5-11(9)17/h4-5,8,12H,6-7,16H2,1-3H3,(H,19,20)/t12-/m1/s1. The van der Waals surface area contributed by atoms with Gasteiger partial charge in [0.15, 0.2) is 0 Å². The molecule has 1 aromatic rings. The number of aromatic carboxylic acids is 1. The van der Waals surface area contributed by atoms with Crippen LogP contribution in [0.4, 0.5) is 5.69 Å². The van der Waals surface area contributed by atoms with Gasteiger partial charge >= 0.3 is 5.97 Å². The second kappa shape index (κ2) is 4.90. The van der Waals surface area contributed by atoms with E-state index in [0.717, 1.165) is 11.3 Å². The molecule has 1 aliphatic heterocycles. The van der Waals surface area contributed by atoms with Gasteiger partial charge in [-0.15, -0.1) is 0 Å². The van der Waals surface area contributed by atoms with Crippen LogP contribution in [-0.4, -0.2) is 29.6 Å². The first-order valence-corrected chi connectivity index (χ1v) is 6.65. The smallest absolute Gasteiger partial charge is 0.335 e. The van der Waals surface area contributed by atoms with E-state index < -0.39 is 12.0 Å². The van der Waals surface area contributed by atoms with Gasteiger partial charge in [-0.3, -0.25) is 4.79 Å². The summed E-state index contributed by atoms with van der Waals surface area (Å²) in [4.78, 5) is 25.1. The van der Waals surface area contributed by atoms with Crippen LogP contribution >= 0.6 is 0 Å². The zero-order valence-corrected chi connectivity index (χ0v) is 12.0. The van der Waals surface area contributed by atoms with Crippen LogP contribution in [-0.2, 0) is 11.2 Å². The average Bonchev–Trinajstić information content (AvgIpc) is 2.78. The van der Waals surface area contributed by atoms with Crippen LogP contribution in [0.5, 0.6) is 0 Å². The van der Waals surface area contributed by atoms with E-state index >= 15 is 0 Å². The van der Waals surface area contributed by atoms with Crippen molar-refractivity contribution < 1.29 is 14.7 Å². The lowest BCUT2D eigenvalue weighted by atomic mass is 9.86. The van der Waals surface area contributed by atoms with Crippen molar-refractivity contribution in [3.63, 3.8) is 0 Å². The Morgan fingerprint density at radius 3 is 2.55 bits per heavy atom. The number of amides is 1. The predicted molar refractivity (Wildman–Crippen MR) is 76.9 cm³/mol. The molecular formula is C15H20N2O3. The normalized spacial score (nSPS) is 15.9. The Morgan fingerprint density at radius 1 is 1.35 bits per heavy atom. The van der Waals surface area contributed by atoms with Gasteiger partial charge in [0.25, 0.3) is 0 Å². The Balaban J connectivity index is 2.29. The van der Waals surface area contributed by atoms with Gasteiger partial charge < -0.3 is 15.7 Å². The summed E-state index contributed by atoms with van der Waals surface area (Å²) in [7, 11) is 0. The molecule has 1 aliphatic rings. The van der Waals surface area contributed by atoms with Crippen LogP contribution in [0.2, 0.25) is 0 Å². The summed E-state index contributed by atoms with van der Waals surface area (Å²) in [5, 5.41) is 8.99. The summed E-state index contributed by atoms with van der Waals surface area (Å²) in [5.74, 6) is -1.07. The van der Waals surface area contributed by atoms with Gasteiger partial charge in [-0.2, -0.15) is 0 Å². The first kappa shape index (κ1) is 14.5. The number of fused-ring (bicyclic) bond motifs is 1. The number of hydrogen-bond donors (Lipinski definition) is 2. The summed E-state index contributed by atoms with van der Waals surface area (Å²) in [6, 6.07) is 4.27. The third-order valence-corrected chi connectivity index (χ3v) is 3.69. The monoisotopic (exact) mass is 276 g/mol. The molecule has 0 radical (unpaired) electrons. The van der Waals surface area contributed by atoms with E-state index in [4.69, 9.17) is 10.8 Å². The van der Waals surface area contributed by atoms with Gasteiger partial charge in [0, 0.05) is 12.2 Å². The molecule has 5 nitrogen and oxygen atoms in total. The van der Waals surface area contributed by atoms with E-state index in [1.807, 2.05) is 20.8 Å². The van der Waals surface area contributed by atoms with Gasteiger partial charge in [0.2, 0.25) is 5.91 Å². The fourth-order valence-electron chi connectivity index (χ4n) is 2.30. The highest BCUT2D eigenvalue weighted by Crippen LogP contribution is 2.31. The van der Waals surface area contributed by atoms with E-state index in [0.29, 0.717) is 13.0 Å². The van der Waals surface area contributed by atoms with Crippen molar-refractivity contribution in [1.82, 2.24) is 0 Å². The number of carboxylic acid groups (broad SMARTS) is 1. The summed E-state index contributed by atoms with van der Waals surface area (Å²) in [6.45, 7) is 6.35. The van der Waals surface area contributed by atoms with Gasteiger partial charge in [0.05, 0.1) is 11.6 Å². The highest BCUT2D eigenvalue weighted by atomic mass is 16.4. The third-order valence-electron chi connectivity index (χ3n) is 3.69. The Labute approximate surface area is 118 Å². The SMILES string of the molecule is CC(C)(C)[C@H](N)C(=O)N1CCc2cc(C(=O)O)ccc21. The number of carboxylic acids is 1. The summed E-state index contributed by atoms with van der Waals surface area (Å²) < 4.78 is 0. The molecule has 2 rings (SSSR count). The van der Waals surface area contributed by atoms with E-state index in [1.54, 1.807) is 17.0 Å². The van der Waals surface area contributed by atoms with Crippen molar-refractivity contribution in [2.24, 2.45) is 11.1 Å². The molecule has 0 unspecified atom stereocenters. The summed E-state index contributed by atoms with van der Waals surface area (Å²) in [5.41, 5.74) is 7.63. The van der Waals surface area contributed by atoms with Crippen LogP contribution in [0.1, 0.15) is 36.7 Å². The Morgan fingerprint density at radius 2 is 2.00 bits per heavy atom. The molecule has 0 fully saturated rings. The molecule has 0 bridgehead atoms. The molecule has 3 N–H and O–H groups in total. The van der Waals surface area contributed by atoms with Crippen molar-refractivity contribution in [3.8, 4) is 0 Å². The predicted octanol–water partition coefficient (Wildman–Crippen LogP) is 1.65. The molecule has 0 aromatic heterocycles. The van der Waals surface area contributed by atoms with Gasteiger partial charge in [-0.25, -0.2) is 4.79 Å². The molecule has 1 atom stereocenters. The van der Waals surface area contributed by atoms with Crippen molar-refractivity contribution >= 4 is 17.6 Å². The fourth-order valence-corrected chi connectivity index (χ4v) is 2.30. The number of hydrogen-bond acceptors (Lipinski definition) is 3. The molecule has 20 heavy (non-hydrogen) atoms. The van der Waals surface area contributed by atoms with Crippen molar-refractivity contribution in [2.45, 2.75) is 33.2 Å². The molecule has 1 amide bonds. The molecule has 5 heteroatoms. The molecule has 0 spiro atoms. The minimum atomic E-state index is -0.955. The molecule has 0 saturated heterocycles. The number of carbonyl (C=O) groups is 2. The maximum atomic E-state index is 12.5. The number of benzene rings is 1. The second-order valence-corrected chi connectivity index (χ2v) is 6.23. The number of anilines is 1. The number of nitrogens with two attached hydrogens (primary N) is 1. The van der Waals surface area contributed by atoms with Gasteiger partial charge in [0.1, 0.15) is 0 Å². The Bertz CT molecular complexity index is 561. The van der Waals surface area contributed by atoms with Crippen molar-refractivity contribution in [3.05, 3.63) is 29.3 Å². The quantitative estimate of drug-likeness (QED) is 0.860. The molecule has 1 aromatic carbocycles. The Hall–Kier alpha value is -1.88. The lowest BCUT2D eigenvalue weighted by Crippen LogP contribution is -2.50. The maximum Gasteiger partial charge on any atom is 0.335 e. The van der Waals surface area contributed by atoms with Crippen LogP contribution in [0.25, 0.3) is 0 Å². The second-order valence-electron chi connectivity index (χ2n) is 6.23.